The van der Waals surface area contributed by atoms with Gasteiger partial charge in [-0.1, -0.05) is 204 Å². The number of aliphatic hydroxyl groups excluding tert-OH is 3. The quantitative estimate of drug-likeness (QED) is 0.0197. The molecule has 0 aromatic carbocycles. The molecule has 0 aromatic rings. The van der Waals surface area contributed by atoms with E-state index in [0.717, 1.165) is 64.2 Å². The highest BCUT2D eigenvalue weighted by atomic mass is 32.3. The number of hydrogen-bond acceptors (Lipinski definition) is 11. The van der Waals surface area contributed by atoms with Gasteiger partial charge in [0.25, 0.3) is 0 Å². The van der Waals surface area contributed by atoms with Crippen molar-refractivity contribution in [3.8, 4) is 0 Å². The summed E-state index contributed by atoms with van der Waals surface area (Å²) in [6, 6.07) is 0. The van der Waals surface area contributed by atoms with Crippen molar-refractivity contribution in [1.29, 1.82) is 0 Å². The second-order valence-corrected chi connectivity index (χ2v) is 19.9. The number of ether oxygens (including phenoxy) is 4. The topological polar surface area (TPSA) is 178 Å². The van der Waals surface area contributed by atoms with Crippen LogP contribution in [-0.4, -0.2) is 97.5 Å². The summed E-state index contributed by atoms with van der Waals surface area (Å²) in [5, 5.41) is 30.8. The van der Waals surface area contributed by atoms with Crippen LogP contribution in [0.1, 0.15) is 239 Å². The number of esters is 1. The van der Waals surface area contributed by atoms with Crippen LogP contribution in [0, 0.1) is 0 Å². The van der Waals surface area contributed by atoms with Crippen LogP contribution in [0.15, 0.2) is 36.5 Å². The molecule has 0 bridgehead atoms. The van der Waals surface area contributed by atoms with E-state index in [9.17, 15) is 33.1 Å². The van der Waals surface area contributed by atoms with Gasteiger partial charge in [0.05, 0.1) is 19.8 Å². The third kappa shape index (κ3) is 38.7. The standard InChI is InChI=1S/C54H100O12S/c1-3-5-7-9-11-13-15-17-19-20-21-22-23-24-25-26-27-28-29-31-33-35-37-39-41-43-50(56)64-48(47-63-54-52(58)53(66-67(59,60)61)51(57)49(45-55)65-54)46-62-44-42-40-38-36-34-32-30-18-16-14-12-10-8-6-4-2/h10,12,16,18,20-21,48-49,51-55,57-58H,3-9,11,13-15,17,19,22-47H2,1-2H3,(H,59,60,61)/b12-10-,18-16-,21-20-. The van der Waals surface area contributed by atoms with Crippen molar-refractivity contribution < 1.29 is 56.2 Å². The Morgan fingerprint density at radius 3 is 1.48 bits per heavy atom. The van der Waals surface area contributed by atoms with E-state index in [2.05, 4.69) is 54.5 Å². The smallest absolute Gasteiger partial charge is 0.397 e. The Labute approximate surface area is 409 Å². The van der Waals surface area contributed by atoms with E-state index in [4.69, 9.17) is 18.9 Å². The number of unbranched alkanes of at least 4 members (excludes halogenated alkanes) is 29. The van der Waals surface area contributed by atoms with Crippen LogP contribution in [-0.2, 0) is 38.3 Å². The van der Waals surface area contributed by atoms with E-state index in [1.807, 2.05) is 0 Å². The largest absolute Gasteiger partial charge is 0.457 e. The first-order chi connectivity index (χ1) is 32.6. The number of rotatable bonds is 48. The Morgan fingerprint density at radius 2 is 1.00 bits per heavy atom. The molecule has 4 N–H and O–H groups in total. The lowest BCUT2D eigenvalue weighted by molar-refractivity contribution is -0.301. The number of aliphatic hydroxyl groups is 3. The maximum absolute atomic E-state index is 12.9. The Bertz CT molecular complexity index is 1310. The molecule has 1 rings (SSSR count). The molecule has 0 aromatic heterocycles. The first kappa shape index (κ1) is 63.3. The third-order valence-electron chi connectivity index (χ3n) is 12.5. The van der Waals surface area contributed by atoms with Crippen LogP contribution in [0.3, 0.4) is 0 Å². The number of allylic oxidation sites excluding steroid dienone is 6. The van der Waals surface area contributed by atoms with Gasteiger partial charge in [-0.15, -0.1) is 0 Å². The van der Waals surface area contributed by atoms with Gasteiger partial charge in [0, 0.05) is 13.0 Å². The van der Waals surface area contributed by atoms with Crippen LogP contribution >= 0.6 is 0 Å². The van der Waals surface area contributed by atoms with Crippen molar-refractivity contribution in [2.75, 3.05) is 26.4 Å². The fourth-order valence-electron chi connectivity index (χ4n) is 8.33. The van der Waals surface area contributed by atoms with E-state index in [1.54, 1.807) is 0 Å². The second kappa shape index (κ2) is 45.5. The van der Waals surface area contributed by atoms with Gasteiger partial charge < -0.3 is 34.3 Å². The number of carbonyl (C=O) groups excluding carboxylic acids is 1. The average Bonchev–Trinajstić information content (AvgIpc) is 3.30. The minimum atomic E-state index is -5.07. The summed E-state index contributed by atoms with van der Waals surface area (Å²) in [4.78, 5) is 12.9. The SMILES string of the molecule is CCCC/C=C\C/C=C\CCCCCCCCOCC(COC1OC(CO)C(O)C(OS(=O)(=O)O)C1O)OC(=O)CCCCCCCCCCCCCCC/C=C\CCCCCCCCCC. The summed E-state index contributed by atoms with van der Waals surface area (Å²) in [6.45, 7) is 3.96. The molecule has 6 unspecified atom stereocenters. The predicted octanol–water partition coefficient (Wildman–Crippen LogP) is 12.9. The molecule has 394 valence electrons. The highest BCUT2D eigenvalue weighted by molar-refractivity contribution is 7.80. The number of carbonyl (C=O) groups is 1. The van der Waals surface area contributed by atoms with E-state index in [1.165, 1.54) is 148 Å². The van der Waals surface area contributed by atoms with Crippen molar-refractivity contribution in [1.82, 2.24) is 0 Å². The van der Waals surface area contributed by atoms with Gasteiger partial charge in [-0.25, -0.2) is 4.18 Å². The molecule has 0 aliphatic carbocycles. The van der Waals surface area contributed by atoms with Gasteiger partial charge in [0.2, 0.25) is 0 Å². The summed E-state index contributed by atoms with van der Waals surface area (Å²) in [5.41, 5.74) is 0. The third-order valence-corrected chi connectivity index (χ3v) is 13.0. The fraction of sp³-hybridized carbons (Fsp3) is 0.870. The second-order valence-electron chi connectivity index (χ2n) is 18.8. The molecule has 6 atom stereocenters. The molecule has 1 heterocycles. The molecule has 1 fully saturated rings. The zero-order chi connectivity index (χ0) is 48.9. The van der Waals surface area contributed by atoms with Crippen molar-refractivity contribution in [3.05, 3.63) is 36.5 Å². The lowest BCUT2D eigenvalue weighted by Gasteiger charge is -2.41. The summed E-state index contributed by atoms with van der Waals surface area (Å²) >= 11 is 0. The lowest BCUT2D eigenvalue weighted by Crippen LogP contribution is -2.60. The molecule has 0 saturated carbocycles. The summed E-state index contributed by atoms with van der Waals surface area (Å²) in [6.07, 6.45) is 46.1. The van der Waals surface area contributed by atoms with Gasteiger partial charge in [-0.3, -0.25) is 9.35 Å². The first-order valence-electron chi connectivity index (χ1n) is 27.2. The maximum atomic E-state index is 12.9. The van der Waals surface area contributed by atoms with E-state index < -0.39 is 59.8 Å². The Balaban J connectivity index is 2.29. The zero-order valence-corrected chi connectivity index (χ0v) is 43.3. The predicted molar refractivity (Wildman–Crippen MR) is 271 cm³/mol. The van der Waals surface area contributed by atoms with Crippen molar-refractivity contribution in [2.24, 2.45) is 0 Å². The molecule has 67 heavy (non-hydrogen) atoms. The van der Waals surface area contributed by atoms with Crippen molar-refractivity contribution >= 4 is 16.4 Å². The van der Waals surface area contributed by atoms with Crippen LogP contribution in [0.5, 0.6) is 0 Å². The molecule has 1 aliphatic rings. The fourth-order valence-corrected chi connectivity index (χ4v) is 8.84. The molecule has 0 radical (unpaired) electrons. The molecular weight excluding hydrogens is 873 g/mol. The van der Waals surface area contributed by atoms with Gasteiger partial charge in [0.15, 0.2) is 6.29 Å². The highest BCUT2D eigenvalue weighted by Gasteiger charge is 2.48. The Kier molecular flexibility index (Phi) is 43.0. The van der Waals surface area contributed by atoms with Crippen LogP contribution < -0.4 is 0 Å². The summed E-state index contributed by atoms with van der Waals surface area (Å²) in [5.74, 6) is -0.401. The molecular formula is C54H100O12S. The monoisotopic (exact) mass is 973 g/mol. The lowest BCUT2D eigenvalue weighted by atomic mass is 9.99. The van der Waals surface area contributed by atoms with Crippen molar-refractivity contribution in [3.63, 3.8) is 0 Å². The number of hydrogen-bond donors (Lipinski definition) is 4. The van der Waals surface area contributed by atoms with E-state index >= 15 is 0 Å². The summed E-state index contributed by atoms with van der Waals surface area (Å²) in [7, 11) is -5.07. The van der Waals surface area contributed by atoms with Crippen LogP contribution in [0.25, 0.3) is 0 Å². The molecule has 1 saturated heterocycles. The zero-order valence-electron chi connectivity index (χ0n) is 42.5. The first-order valence-corrected chi connectivity index (χ1v) is 28.6. The van der Waals surface area contributed by atoms with Gasteiger partial charge in [-0.2, -0.15) is 8.42 Å². The van der Waals surface area contributed by atoms with Crippen LogP contribution in [0.2, 0.25) is 0 Å². The maximum Gasteiger partial charge on any atom is 0.397 e. The van der Waals surface area contributed by atoms with Gasteiger partial charge >= 0.3 is 16.4 Å². The van der Waals surface area contributed by atoms with E-state index in [0.29, 0.717) is 13.0 Å². The van der Waals surface area contributed by atoms with Gasteiger partial charge in [-0.05, 0) is 64.2 Å². The summed E-state index contributed by atoms with van der Waals surface area (Å²) < 4.78 is 59.3. The molecule has 0 amide bonds. The van der Waals surface area contributed by atoms with Gasteiger partial charge in [0.1, 0.15) is 30.5 Å². The Morgan fingerprint density at radius 1 is 0.567 bits per heavy atom. The molecule has 1 aliphatic heterocycles. The highest BCUT2D eigenvalue weighted by Crippen LogP contribution is 2.26. The van der Waals surface area contributed by atoms with Crippen LogP contribution in [0.4, 0.5) is 0 Å². The van der Waals surface area contributed by atoms with E-state index in [-0.39, 0.29) is 19.6 Å². The Hall–Kier alpha value is -1.68. The average molecular weight is 973 g/mol. The molecule has 0 spiro atoms. The molecule has 13 heteroatoms. The van der Waals surface area contributed by atoms with Crippen molar-refractivity contribution in [2.45, 2.75) is 275 Å². The molecule has 12 nitrogen and oxygen atoms in total. The minimum Gasteiger partial charge on any atom is -0.457 e. The minimum absolute atomic E-state index is 0.0305. The normalized spacial score (nSPS) is 19.6.